The summed E-state index contributed by atoms with van der Waals surface area (Å²) in [5, 5.41) is 12.3. The Bertz CT molecular complexity index is 384. The van der Waals surface area contributed by atoms with E-state index in [1.807, 2.05) is 31.2 Å². The molecule has 0 fully saturated rings. The lowest BCUT2D eigenvalue weighted by Crippen LogP contribution is -2.12. The highest BCUT2D eigenvalue weighted by Gasteiger charge is 2.11. The van der Waals surface area contributed by atoms with Gasteiger partial charge in [0.05, 0.1) is 12.3 Å². The van der Waals surface area contributed by atoms with Crippen molar-refractivity contribution in [3.63, 3.8) is 0 Å². The van der Waals surface area contributed by atoms with Crippen LogP contribution in [0.2, 0.25) is 0 Å². The Balaban J connectivity index is 2.82. The van der Waals surface area contributed by atoms with Crippen LogP contribution in [0.15, 0.2) is 29.4 Å². The Labute approximate surface area is 109 Å². The molecule has 1 rings (SSSR count). The van der Waals surface area contributed by atoms with Gasteiger partial charge in [0.1, 0.15) is 5.75 Å². The molecule has 1 aromatic rings. The molecular weight excluding hydrogens is 226 g/mol. The third-order valence-electron chi connectivity index (χ3n) is 3.28. The molecule has 0 spiro atoms. The molecule has 18 heavy (non-hydrogen) atoms. The SMILES string of the molecule is CC/C(=N\O)c1ccccc1OCC(CC)CC. The molecule has 0 radical (unpaired) electrons. The number of benzene rings is 1. The van der Waals surface area contributed by atoms with E-state index in [2.05, 4.69) is 19.0 Å². The van der Waals surface area contributed by atoms with Gasteiger partial charge in [-0.05, 0) is 24.5 Å². The maximum atomic E-state index is 9.01. The number of oxime groups is 1. The molecular formula is C15H23NO2. The topological polar surface area (TPSA) is 41.8 Å². The monoisotopic (exact) mass is 249 g/mol. The summed E-state index contributed by atoms with van der Waals surface area (Å²) in [6, 6.07) is 7.73. The molecule has 0 aliphatic heterocycles. The average Bonchev–Trinajstić information content (AvgIpc) is 2.42. The summed E-state index contributed by atoms with van der Waals surface area (Å²) in [5.41, 5.74) is 1.55. The number of rotatable bonds is 7. The van der Waals surface area contributed by atoms with Gasteiger partial charge in [-0.15, -0.1) is 0 Å². The van der Waals surface area contributed by atoms with E-state index in [1.54, 1.807) is 0 Å². The summed E-state index contributed by atoms with van der Waals surface area (Å²) in [6.45, 7) is 7.03. The molecule has 0 heterocycles. The number of ether oxygens (including phenoxy) is 1. The molecule has 3 heteroatoms. The predicted molar refractivity (Wildman–Crippen MR) is 74.6 cm³/mol. The van der Waals surface area contributed by atoms with Gasteiger partial charge < -0.3 is 9.94 Å². The van der Waals surface area contributed by atoms with Gasteiger partial charge in [-0.25, -0.2) is 0 Å². The fraction of sp³-hybridized carbons (Fsp3) is 0.533. The van der Waals surface area contributed by atoms with Crippen molar-refractivity contribution in [1.82, 2.24) is 0 Å². The predicted octanol–water partition coefficient (Wildman–Crippen LogP) is 4.09. The fourth-order valence-electron chi connectivity index (χ4n) is 1.88. The Morgan fingerprint density at radius 2 is 1.89 bits per heavy atom. The summed E-state index contributed by atoms with van der Waals surface area (Å²) in [5.74, 6) is 1.38. The van der Waals surface area contributed by atoms with Crippen molar-refractivity contribution in [2.45, 2.75) is 40.0 Å². The van der Waals surface area contributed by atoms with Crippen LogP contribution in [0, 0.1) is 5.92 Å². The lowest BCUT2D eigenvalue weighted by Gasteiger charge is -2.16. The summed E-state index contributed by atoms with van der Waals surface area (Å²) < 4.78 is 5.87. The van der Waals surface area contributed by atoms with Crippen LogP contribution in [0.5, 0.6) is 5.75 Å². The highest BCUT2D eigenvalue weighted by Crippen LogP contribution is 2.21. The molecule has 3 nitrogen and oxygen atoms in total. The van der Waals surface area contributed by atoms with E-state index in [4.69, 9.17) is 9.94 Å². The quantitative estimate of drug-likeness (QED) is 0.449. The van der Waals surface area contributed by atoms with Crippen molar-refractivity contribution in [1.29, 1.82) is 0 Å². The molecule has 0 aliphatic carbocycles. The van der Waals surface area contributed by atoms with Gasteiger partial charge in [-0.1, -0.05) is 50.9 Å². The normalized spacial score (nSPS) is 11.9. The zero-order chi connectivity index (χ0) is 13.4. The molecule has 1 N–H and O–H groups in total. The lowest BCUT2D eigenvalue weighted by molar-refractivity contribution is 0.240. The number of hydrogen-bond donors (Lipinski definition) is 1. The van der Waals surface area contributed by atoms with Gasteiger partial charge in [-0.3, -0.25) is 0 Å². The van der Waals surface area contributed by atoms with Crippen molar-refractivity contribution in [3.8, 4) is 5.75 Å². The summed E-state index contributed by atoms with van der Waals surface area (Å²) in [4.78, 5) is 0. The van der Waals surface area contributed by atoms with Crippen molar-refractivity contribution in [2.75, 3.05) is 6.61 Å². The molecule has 0 saturated heterocycles. The average molecular weight is 249 g/mol. The van der Waals surface area contributed by atoms with Crippen LogP contribution in [0.25, 0.3) is 0 Å². The van der Waals surface area contributed by atoms with E-state index in [0.717, 1.165) is 24.2 Å². The summed E-state index contributed by atoms with van der Waals surface area (Å²) >= 11 is 0. The van der Waals surface area contributed by atoms with Gasteiger partial charge in [0.2, 0.25) is 0 Å². The van der Waals surface area contributed by atoms with Crippen molar-refractivity contribution in [3.05, 3.63) is 29.8 Å². The van der Waals surface area contributed by atoms with E-state index in [1.165, 1.54) is 0 Å². The first-order valence-electron chi connectivity index (χ1n) is 6.69. The van der Waals surface area contributed by atoms with Crippen LogP contribution in [-0.2, 0) is 0 Å². The van der Waals surface area contributed by atoms with E-state index in [-0.39, 0.29) is 0 Å². The number of nitrogens with zero attached hydrogens (tertiary/aromatic N) is 1. The fourth-order valence-corrected chi connectivity index (χ4v) is 1.88. The number of para-hydroxylation sites is 1. The third kappa shape index (κ3) is 3.76. The maximum absolute atomic E-state index is 9.01. The lowest BCUT2D eigenvalue weighted by atomic mass is 10.0. The van der Waals surface area contributed by atoms with Gasteiger partial charge in [0.25, 0.3) is 0 Å². The zero-order valence-corrected chi connectivity index (χ0v) is 11.5. The number of hydrogen-bond acceptors (Lipinski definition) is 3. The van der Waals surface area contributed by atoms with Gasteiger partial charge in [0, 0.05) is 5.56 Å². The molecule has 0 unspecified atom stereocenters. The van der Waals surface area contributed by atoms with Crippen LogP contribution in [0.1, 0.15) is 45.6 Å². The van der Waals surface area contributed by atoms with Crippen molar-refractivity contribution < 1.29 is 9.94 Å². The first-order chi connectivity index (χ1) is 8.76. The first kappa shape index (κ1) is 14.6. The van der Waals surface area contributed by atoms with Gasteiger partial charge in [-0.2, -0.15) is 0 Å². The molecule has 0 aromatic heterocycles. The maximum Gasteiger partial charge on any atom is 0.128 e. The second-order valence-corrected chi connectivity index (χ2v) is 4.39. The van der Waals surface area contributed by atoms with Crippen LogP contribution in [0.4, 0.5) is 0 Å². The Morgan fingerprint density at radius 1 is 1.22 bits per heavy atom. The summed E-state index contributed by atoms with van der Waals surface area (Å²) in [6.07, 6.45) is 2.92. The van der Waals surface area contributed by atoms with Crippen LogP contribution < -0.4 is 4.74 Å². The first-order valence-corrected chi connectivity index (χ1v) is 6.69. The molecule has 0 bridgehead atoms. The molecule has 0 aliphatic rings. The largest absolute Gasteiger partial charge is 0.493 e. The molecule has 0 atom stereocenters. The van der Waals surface area contributed by atoms with Crippen molar-refractivity contribution in [2.24, 2.45) is 11.1 Å². The molecule has 0 amide bonds. The highest BCUT2D eigenvalue weighted by atomic mass is 16.5. The Kier molecular flexibility index (Phi) is 6.26. The molecule has 0 saturated carbocycles. The standard InChI is InChI=1S/C15H23NO2/c1-4-12(5-2)11-18-15-10-8-7-9-13(15)14(6-3)16-17/h7-10,12,17H,4-6,11H2,1-3H3/b16-14+. The van der Waals surface area contributed by atoms with E-state index in [9.17, 15) is 0 Å². The minimum Gasteiger partial charge on any atom is -0.493 e. The third-order valence-corrected chi connectivity index (χ3v) is 3.28. The molecule has 1 aromatic carbocycles. The summed E-state index contributed by atoms with van der Waals surface area (Å²) in [7, 11) is 0. The Hall–Kier alpha value is -1.51. The minimum atomic E-state index is 0.578. The zero-order valence-electron chi connectivity index (χ0n) is 11.5. The van der Waals surface area contributed by atoms with Crippen LogP contribution in [0.3, 0.4) is 0 Å². The highest BCUT2D eigenvalue weighted by molar-refractivity contribution is 6.02. The minimum absolute atomic E-state index is 0.578. The van der Waals surface area contributed by atoms with Gasteiger partial charge >= 0.3 is 0 Å². The van der Waals surface area contributed by atoms with Crippen LogP contribution >= 0.6 is 0 Å². The van der Waals surface area contributed by atoms with E-state index in [0.29, 0.717) is 24.7 Å². The van der Waals surface area contributed by atoms with E-state index < -0.39 is 0 Å². The molecule has 100 valence electrons. The van der Waals surface area contributed by atoms with E-state index >= 15 is 0 Å². The van der Waals surface area contributed by atoms with Crippen LogP contribution in [-0.4, -0.2) is 17.5 Å². The van der Waals surface area contributed by atoms with Gasteiger partial charge in [0.15, 0.2) is 0 Å². The van der Waals surface area contributed by atoms with Crippen molar-refractivity contribution >= 4 is 5.71 Å². The Morgan fingerprint density at radius 3 is 2.44 bits per heavy atom. The second kappa shape index (κ2) is 7.75. The smallest absolute Gasteiger partial charge is 0.128 e. The second-order valence-electron chi connectivity index (χ2n) is 4.39.